The molecule has 0 saturated carbocycles. The van der Waals surface area contributed by atoms with Gasteiger partial charge in [-0.3, -0.25) is 4.57 Å². The molecule has 0 fully saturated rings. The summed E-state index contributed by atoms with van der Waals surface area (Å²) in [5.41, 5.74) is 10.4. The number of furan rings is 1. The predicted molar refractivity (Wildman–Crippen MR) is 194 cm³/mol. The van der Waals surface area contributed by atoms with E-state index in [-0.39, 0.29) is 0 Å². The van der Waals surface area contributed by atoms with Crippen LogP contribution in [0.5, 0.6) is 0 Å². The van der Waals surface area contributed by atoms with Gasteiger partial charge in [-0.1, -0.05) is 115 Å². The van der Waals surface area contributed by atoms with Crippen LogP contribution in [0.3, 0.4) is 0 Å². The smallest absolute Gasteiger partial charge is 0.232 e. The van der Waals surface area contributed by atoms with Crippen LogP contribution in [-0.4, -0.2) is 28.9 Å². The first-order valence-electron chi connectivity index (χ1n) is 16.2. The first-order chi connectivity index (χ1) is 24.3. The third-order valence-corrected chi connectivity index (χ3v) is 8.98. The van der Waals surface area contributed by atoms with E-state index in [1.54, 1.807) is 0 Å². The van der Waals surface area contributed by atoms with Crippen molar-refractivity contribution >= 4 is 39.0 Å². The molecular weight excluding hydrogens is 605 g/mol. The number of benzene rings is 6. The fourth-order valence-electron chi connectivity index (χ4n) is 6.69. The molecule has 0 saturated heterocycles. The molecule has 0 radical (unpaired) electrons. The molecule has 0 unspecified atom stereocenters. The molecule has 0 amide bonds. The Kier molecular flexibility index (Phi) is 6.04. The fourth-order valence-corrected chi connectivity index (χ4v) is 6.69. The molecule has 0 aliphatic rings. The van der Waals surface area contributed by atoms with Gasteiger partial charge in [-0.25, -0.2) is 24.3 Å². The van der Waals surface area contributed by atoms with Crippen LogP contribution in [0.15, 0.2) is 162 Å². The van der Waals surface area contributed by atoms with Crippen LogP contribution in [0.1, 0.15) is 0 Å². The molecule has 0 spiro atoms. The summed E-state index contributed by atoms with van der Waals surface area (Å²) >= 11 is 0. The first kappa shape index (κ1) is 27.3. The van der Waals surface area contributed by atoms with Gasteiger partial charge in [0.1, 0.15) is 11.1 Å². The fraction of sp³-hybridized carbons (Fsp3) is 0. The number of aromatic nitrogens is 6. The standard InChI is InChI=1S/C42H26N6O/c1-3-13-27(14-4-1)38-44-39(28-15-5-2-6-16-28)46-40(45-38)31-19-11-17-29(25-31)30-18-12-20-32(26-30)47-37-33-21-7-10-24-36(33)49-41(37)48-35-23-9-8-22-34(35)43-42(47)48/h1-26H. The van der Waals surface area contributed by atoms with Crippen molar-refractivity contribution in [1.82, 2.24) is 28.9 Å². The molecule has 10 aromatic rings. The Morgan fingerprint density at radius 3 is 1.78 bits per heavy atom. The van der Waals surface area contributed by atoms with Gasteiger partial charge in [-0.15, -0.1) is 0 Å². The summed E-state index contributed by atoms with van der Waals surface area (Å²) in [6, 6.07) is 53.4. The van der Waals surface area contributed by atoms with Gasteiger partial charge < -0.3 is 4.42 Å². The Morgan fingerprint density at radius 2 is 1.02 bits per heavy atom. The van der Waals surface area contributed by atoms with Gasteiger partial charge in [-0.2, -0.15) is 0 Å². The number of hydrogen-bond acceptors (Lipinski definition) is 5. The zero-order chi connectivity index (χ0) is 32.3. The van der Waals surface area contributed by atoms with E-state index in [2.05, 4.69) is 69.6 Å². The Balaban J connectivity index is 1.14. The van der Waals surface area contributed by atoms with E-state index in [4.69, 9.17) is 24.4 Å². The summed E-state index contributed by atoms with van der Waals surface area (Å²) in [5, 5.41) is 1.04. The van der Waals surface area contributed by atoms with Crippen LogP contribution in [0.2, 0.25) is 0 Å². The summed E-state index contributed by atoms with van der Waals surface area (Å²) in [6.45, 7) is 0. The summed E-state index contributed by atoms with van der Waals surface area (Å²) < 4.78 is 10.8. The second kappa shape index (κ2) is 10.9. The third-order valence-electron chi connectivity index (χ3n) is 8.98. The Labute approximate surface area is 280 Å². The molecule has 0 bridgehead atoms. The van der Waals surface area contributed by atoms with E-state index in [0.29, 0.717) is 17.5 Å². The lowest BCUT2D eigenvalue weighted by Crippen LogP contribution is -2.00. The molecule has 230 valence electrons. The second-order valence-electron chi connectivity index (χ2n) is 12.0. The van der Waals surface area contributed by atoms with Gasteiger partial charge in [0.05, 0.1) is 11.0 Å². The highest BCUT2D eigenvalue weighted by Crippen LogP contribution is 2.37. The number of hydrogen-bond donors (Lipinski definition) is 0. The minimum absolute atomic E-state index is 0.619. The maximum Gasteiger partial charge on any atom is 0.232 e. The van der Waals surface area contributed by atoms with Crippen LogP contribution < -0.4 is 0 Å². The molecule has 7 heteroatoms. The zero-order valence-electron chi connectivity index (χ0n) is 26.1. The van der Waals surface area contributed by atoms with Gasteiger partial charge >= 0.3 is 0 Å². The molecule has 0 aliphatic heterocycles. The molecule has 0 aliphatic carbocycles. The molecule has 7 nitrogen and oxygen atoms in total. The Morgan fingerprint density at radius 1 is 0.449 bits per heavy atom. The highest BCUT2D eigenvalue weighted by molar-refractivity contribution is 6.06. The third kappa shape index (κ3) is 4.44. The van der Waals surface area contributed by atoms with E-state index in [0.717, 1.165) is 72.5 Å². The maximum absolute atomic E-state index is 6.48. The minimum atomic E-state index is 0.619. The van der Waals surface area contributed by atoms with Crippen LogP contribution in [0.25, 0.3) is 90.0 Å². The van der Waals surface area contributed by atoms with Crippen molar-refractivity contribution in [3.05, 3.63) is 158 Å². The van der Waals surface area contributed by atoms with E-state index in [1.807, 2.05) is 97.1 Å². The van der Waals surface area contributed by atoms with Crippen molar-refractivity contribution in [2.75, 3.05) is 0 Å². The van der Waals surface area contributed by atoms with Crippen molar-refractivity contribution < 1.29 is 4.42 Å². The number of nitrogens with zero attached hydrogens (tertiary/aromatic N) is 6. The van der Waals surface area contributed by atoms with Gasteiger partial charge in [0.25, 0.3) is 0 Å². The van der Waals surface area contributed by atoms with Crippen molar-refractivity contribution in [1.29, 1.82) is 0 Å². The van der Waals surface area contributed by atoms with Crippen molar-refractivity contribution in [3.8, 4) is 51.0 Å². The zero-order valence-corrected chi connectivity index (χ0v) is 26.1. The van der Waals surface area contributed by atoms with Crippen molar-refractivity contribution in [2.24, 2.45) is 0 Å². The summed E-state index contributed by atoms with van der Waals surface area (Å²) in [7, 11) is 0. The molecule has 0 N–H and O–H groups in total. The highest BCUT2D eigenvalue weighted by Gasteiger charge is 2.23. The molecule has 4 aromatic heterocycles. The average molecular weight is 631 g/mol. The predicted octanol–water partition coefficient (Wildman–Crippen LogP) is 10.0. The first-order valence-corrected chi connectivity index (χ1v) is 16.2. The van der Waals surface area contributed by atoms with E-state index in [9.17, 15) is 0 Å². The number of fused-ring (bicyclic) bond motifs is 7. The molecule has 0 atom stereocenters. The van der Waals surface area contributed by atoms with E-state index < -0.39 is 0 Å². The number of imidazole rings is 2. The summed E-state index contributed by atoms with van der Waals surface area (Å²) in [5.74, 6) is 2.70. The lowest BCUT2D eigenvalue weighted by atomic mass is 10.0. The van der Waals surface area contributed by atoms with Crippen LogP contribution >= 0.6 is 0 Å². The monoisotopic (exact) mass is 630 g/mol. The minimum Gasteiger partial charge on any atom is -0.437 e. The largest absolute Gasteiger partial charge is 0.437 e. The Hall–Kier alpha value is -6.86. The second-order valence-corrected chi connectivity index (χ2v) is 12.0. The van der Waals surface area contributed by atoms with Crippen LogP contribution in [0, 0.1) is 0 Å². The molecule has 49 heavy (non-hydrogen) atoms. The van der Waals surface area contributed by atoms with E-state index >= 15 is 0 Å². The highest BCUT2D eigenvalue weighted by atomic mass is 16.3. The van der Waals surface area contributed by atoms with Crippen molar-refractivity contribution in [2.45, 2.75) is 0 Å². The Bertz CT molecular complexity index is 2770. The van der Waals surface area contributed by atoms with E-state index in [1.165, 1.54) is 0 Å². The van der Waals surface area contributed by atoms with Crippen LogP contribution in [-0.2, 0) is 0 Å². The number of para-hydroxylation sites is 3. The SMILES string of the molecule is c1ccc(-c2nc(-c3ccccc3)nc(-c3cccc(-c4cccc(-n5c6c7ccccc7oc6n6c7ccccc7nc56)c4)c3)n2)cc1. The molecule has 6 aromatic carbocycles. The van der Waals surface area contributed by atoms with Gasteiger partial charge in [0.15, 0.2) is 17.5 Å². The van der Waals surface area contributed by atoms with Gasteiger partial charge in [-0.05, 0) is 53.6 Å². The van der Waals surface area contributed by atoms with Crippen molar-refractivity contribution in [3.63, 3.8) is 0 Å². The normalized spacial score (nSPS) is 11.7. The summed E-state index contributed by atoms with van der Waals surface area (Å²) in [6.07, 6.45) is 0. The van der Waals surface area contributed by atoms with Gasteiger partial charge in [0, 0.05) is 27.8 Å². The van der Waals surface area contributed by atoms with Gasteiger partial charge in [0.2, 0.25) is 11.5 Å². The quantitative estimate of drug-likeness (QED) is 0.189. The van der Waals surface area contributed by atoms with Crippen LogP contribution in [0.4, 0.5) is 0 Å². The summed E-state index contributed by atoms with van der Waals surface area (Å²) in [4.78, 5) is 19.8. The molecular formula is C42H26N6O. The molecule has 10 rings (SSSR count). The maximum atomic E-state index is 6.48. The molecule has 4 heterocycles. The lowest BCUT2D eigenvalue weighted by molar-refractivity contribution is 0.651. The topological polar surface area (TPSA) is 74.0 Å². The lowest BCUT2D eigenvalue weighted by Gasteiger charge is -2.11. The number of rotatable bonds is 5. The average Bonchev–Trinajstić information content (AvgIpc) is 3.83.